The van der Waals surface area contributed by atoms with Gasteiger partial charge in [-0.3, -0.25) is 9.59 Å². The van der Waals surface area contributed by atoms with Gasteiger partial charge in [0.25, 0.3) is 5.91 Å². The Hall–Kier alpha value is -2.34. The molecule has 2 N–H and O–H groups in total. The normalized spacial score (nSPS) is 23.9. The molecule has 0 radical (unpaired) electrons. The van der Waals surface area contributed by atoms with Gasteiger partial charge in [-0.15, -0.1) is 0 Å². The molecule has 2 atom stereocenters. The van der Waals surface area contributed by atoms with E-state index in [9.17, 15) is 9.59 Å². The van der Waals surface area contributed by atoms with Crippen molar-refractivity contribution < 1.29 is 9.59 Å². The van der Waals surface area contributed by atoms with Crippen molar-refractivity contribution in [2.75, 3.05) is 26.7 Å². The number of carbonyl (C=O) groups is 2. The Morgan fingerprint density at radius 2 is 1.74 bits per heavy atom. The van der Waals surface area contributed by atoms with Crippen molar-refractivity contribution in [3.05, 3.63) is 36.0 Å². The molecule has 3 aliphatic rings. The molecule has 2 aliphatic heterocycles. The number of aromatic nitrogens is 1. The Balaban J connectivity index is 1.25. The molecule has 3 fully saturated rings. The molecule has 35 heavy (non-hydrogen) atoms. The largest absolute Gasteiger partial charge is 0.361 e. The average Bonchev–Trinajstić information content (AvgIpc) is 3.37. The lowest BCUT2D eigenvalue weighted by Gasteiger charge is -2.43. The quantitative estimate of drug-likeness (QED) is 0.617. The first-order valence-corrected chi connectivity index (χ1v) is 14.0. The summed E-state index contributed by atoms with van der Waals surface area (Å²) in [6.07, 6.45) is 14.9. The van der Waals surface area contributed by atoms with Gasteiger partial charge in [-0.05, 0) is 81.1 Å². The van der Waals surface area contributed by atoms with Crippen LogP contribution in [0.1, 0.15) is 81.0 Å². The first-order chi connectivity index (χ1) is 17.1. The molecule has 2 saturated heterocycles. The molecule has 5 rings (SSSR count). The number of piperidine rings is 2. The summed E-state index contributed by atoms with van der Waals surface area (Å²) in [5, 5.41) is 4.25. The Labute approximate surface area is 209 Å². The van der Waals surface area contributed by atoms with Crippen molar-refractivity contribution in [2.24, 2.45) is 11.8 Å². The van der Waals surface area contributed by atoms with Gasteiger partial charge in [-0.25, -0.2) is 0 Å². The van der Waals surface area contributed by atoms with E-state index < -0.39 is 6.04 Å². The van der Waals surface area contributed by atoms with Crippen LogP contribution in [0.3, 0.4) is 0 Å². The minimum absolute atomic E-state index is 0.125. The topological polar surface area (TPSA) is 68.4 Å². The number of benzene rings is 1. The number of likely N-dealkylation sites (tertiary alicyclic amines) is 2. The predicted molar refractivity (Wildman–Crippen MR) is 140 cm³/mol. The summed E-state index contributed by atoms with van der Waals surface area (Å²) >= 11 is 0. The molecule has 2 aromatic rings. The summed E-state index contributed by atoms with van der Waals surface area (Å²) in [4.78, 5) is 34.8. The summed E-state index contributed by atoms with van der Waals surface area (Å²) in [6.45, 7) is 2.84. The molecule has 1 aliphatic carbocycles. The highest BCUT2D eigenvalue weighted by Crippen LogP contribution is 2.31. The van der Waals surface area contributed by atoms with Crippen LogP contribution in [0.2, 0.25) is 0 Å². The molecule has 0 spiro atoms. The van der Waals surface area contributed by atoms with Crippen LogP contribution >= 0.6 is 0 Å². The fourth-order valence-electron chi connectivity index (χ4n) is 6.83. The second-order valence-electron chi connectivity index (χ2n) is 11.3. The maximum Gasteiger partial charge on any atom is 0.252 e. The summed E-state index contributed by atoms with van der Waals surface area (Å²) in [5.74, 6) is 1.19. The third-order valence-corrected chi connectivity index (χ3v) is 8.94. The number of H-pyrrole nitrogens is 1. The maximum absolute atomic E-state index is 13.8. The summed E-state index contributed by atoms with van der Waals surface area (Å²) in [7, 11) is 2.27. The van der Waals surface area contributed by atoms with E-state index >= 15 is 0 Å². The van der Waals surface area contributed by atoms with Crippen LogP contribution in [-0.4, -0.2) is 65.4 Å². The van der Waals surface area contributed by atoms with Crippen molar-refractivity contribution in [3.8, 4) is 0 Å². The standard InChI is InChI=1S/C29H42N4O2/c1-32-16-6-5-9-27(32)23-13-17-33(18-14-23)29(35)26(19-21-7-3-2-4-8-21)31-28(34)24-11-10-22-12-15-30-25(22)20-24/h10-12,15,20-21,23,26-27,30H,2-9,13-14,16-19H2,1H3,(H,31,34)/t26-,27?/m1/s1. The fourth-order valence-corrected chi connectivity index (χ4v) is 6.83. The molecule has 3 heterocycles. The average molecular weight is 479 g/mol. The van der Waals surface area contributed by atoms with Crippen LogP contribution in [0.25, 0.3) is 10.9 Å². The van der Waals surface area contributed by atoms with Gasteiger partial charge >= 0.3 is 0 Å². The number of rotatable bonds is 6. The number of fused-ring (bicyclic) bond motifs is 1. The van der Waals surface area contributed by atoms with E-state index in [1.165, 1.54) is 57.9 Å². The molecule has 190 valence electrons. The maximum atomic E-state index is 13.8. The Bertz CT molecular complexity index is 1000. The van der Waals surface area contributed by atoms with Gasteiger partial charge < -0.3 is 20.1 Å². The zero-order valence-corrected chi connectivity index (χ0v) is 21.3. The highest BCUT2D eigenvalue weighted by molar-refractivity contribution is 6.00. The lowest BCUT2D eigenvalue weighted by atomic mass is 9.83. The molecule has 2 amide bonds. The van der Waals surface area contributed by atoms with E-state index in [0.29, 0.717) is 23.4 Å². The van der Waals surface area contributed by atoms with Gasteiger partial charge in [0, 0.05) is 36.4 Å². The number of amides is 2. The van der Waals surface area contributed by atoms with E-state index in [1.807, 2.05) is 35.4 Å². The van der Waals surface area contributed by atoms with Crippen LogP contribution in [0, 0.1) is 11.8 Å². The van der Waals surface area contributed by atoms with Crippen LogP contribution in [0.5, 0.6) is 0 Å². The van der Waals surface area contributed by atoms with Crippen LogP contribution in [0.15, 0.2) is 30.5 Å². The van der Waals surface area contributed by atoms with Crippen LogP contribution in [-0.2, 0) is 4.79 Å². The minimum Gasteiger partial charge on any atom is -0.361 e. The minimum atomic E-state index is -0.432. The number of nitrogens with zero attached hydrogens (tertiary/aromatic N) is 2. The SMILES string of the molecule is CN1CCCCC1C1CCN(C(=O)[C@@H](CC2CCCCC2)NC(=O)c2ccc3cc[nH]c3c2)CC1. The number of hydrogen-bond donors (Lipinski definition) is 2. The third-order valence-electron chi connectivity index (χ3n) is 8.94. The van der Waals surface area contributed by atoms with E-state index in [-0.39, 0.29) is 11.8 Å². The molecule has 6 nitrogen and oxygen atoms in total. The Morgan fingerprint density at radius 1 is 0.971 bits per heavy atom. The van der Waals surface area contributed by atoms with Crippen molar-refractivity contribution in [2.45, 2.75) is 82.7 Å². The van der Waals surface area contributed by atoms with Gasteiger partial charge in [-0.1, -0.05) is 44.6 Å². The highest BCUT2D eigenvalue weighted by atomic mass is 16.2. The summed E-state index contributed by atoms with van der Waals surface area (Å²) in [6, 6.07) is 7.95. The number of hydrogen-bond acceptors (Lipinski definition) is 3. The van der Waals surface area contributed by atoms with E-state index in [1.54, 1.807) is 0 Å². The molecule has 0 bridgehead atoms. The van der Waals surface area contributed by atoms with Gasteiger partial charge in [0.05, 0.1) is 0 Å². The molecule has 1 aromatic carbocycles. The zero-order chi connectivity index (χ0) is 24.2. The second-order valence-corrected chi connectivity index (χ2v) is 11.3. The van der Waals surface area contributed by atoms with Gasteiger partial charge in [0.15, 0.2) is 0 Å². The molecule has 1 aromatic heterocycles. The summed E-state index contributed by atoms with van der Waals surface area (Å²) < 4.78 is 0. The van der Waals surface area contributed by atoms with Gasteiger partial charge in [0.1, 0.15) is 6.04 Å². The highest BCUT2D eigenvalue weighted by Gasteiger charge is 2.35. The molecular formula is C29H42N4O2. The van der Waals surface area contributed by atoms with Crippen LogP contribution < -0.4 is 5.32 Å². The molecule has 6 heteroatoms. The van der Waals surface area contributed by atoms with Crippen molar-refractivity contribution in [3.63, 3.8) is 0 Å². The first kappa shape index (κ1) is 24.4. The van der Waals surface area contributed by atoms with Crippen LogP contribution in [0.4, 0.5) is 0 Å². The number of carbonyl (C=O) groups excluding carboxylic acids is 2. The molecule has 1 saturated carbocycles. The van der Waals surface area contributed by atoms with Gasteiger partial charge in [0.2, 0.25) is 5.91 Å². The van der Waals surface area contributed by atoms with E-state index in [4.69, 9.17) is 0 Å². The number of nitrogens with one attached hydrogen (secondary N) is 2. The number of aromatic amines is 1. The monoisotopic (exact) mass is 478 g/mol. The molecular weight excluding hydrogens is 436 g/mol. The van der Waals surface area contributed by atoms with Crippen molar-refractivity contribution in [1.29, 1.82) is 0 Å². The van der Waals surface area contributed by atoms with Crippen molar-refractivity contribution in [1.82, 2.24) is 20.1 Å². The predicted octanol–water partition coefficient (Wildman–Crippen LogP) is 4.96. The zero-order valence-electron chi connectivity index (χ0n) is 21.3. The Kier molecular flexibility index (Phi) is 7.76. The smallest absolute Gasteiger partial charge is 0.252 e. The second kappa shape index (κ2) is 11.2. The van der Waals surface area contributed by atoms with E-state index in [0.717, 1.165) is 43.3 Å². The van der Waals surface area contributed by atoms with Gasteiger partial charge in [-0.2, -0.15) is 0 Å². The third kappa shape index (κ3) is 5.74. The Morgan fingerprint density at radius 3 is 2.51 bits per heavy atom. The lowest BCUT2D eigenvalue weighted by molar-refractivity contribution is -0.135. The van der Waals surface area contributed by atoms with Crippen molar-refractivity contribution >= 4 is 22.7 Å². The summed E-state index contributed by atoms with van der Waals surface area (Å²) in [5.41, 5.74) is 1.56. The fraction of sp³-hybridized carbons (Fsp3) is 0.655. The molecule has 1 unspecified atom stereocenters. The lowest BCUT2D eigenvalue weighted by Crippen LogP contribution is -2.53. The van der Waals surface area contributed by atoms with E-state index in [2.05, 4.69) is 22.2 Å². The first-order valence-electron chi connectivity index (χ1n) is 14.0.